The van der Waals surface area contributed by atoms with Crippen LogP contribution in [0.5, 0.6) is 0 Å². The van der Waals surface area contributed by atoms with E-state index in [0.29, 0.717) is 27.8 Å². The number of halogens is 3. The van der Waals surface area contributed by atoms with Crippen LogP contribution >= 0.6 is 35.6 Å². The van der Waals surface area contributed by atoms with Gasteiger partial charge in [0.25, 0.3) is 0 Å². The van der Waals surface area contributed by atoms with Crippen molar-refractivity contribution in [2.75, 3.05) is 5.32 Å². The van der Waals surface area contributed by atoms with Gasteiger partial charge in [-0.2, -0.15) is 0 Å². The van der Waals surface area contributed by atoms with Crippen molar-refractivity contribution in [3.8, 4) is 0 Å². The molecule has 0 saturated carbocycles. The highest BCUT2D eigenvalue weighted by atomic mass is 35.5. The normalized spacial score (nSPS) is 21.4. The molecule has 0 radical (unpaired) electrons. The van der Waals surface area contributed by atoms with Crippen molar-refractivity contribution in [1.82, 2.24) is 5.32 Å². The number of nitrogens with one attached hydrogen (secondary N) is 2. The highest BCUT2D eigenvalue weighted by Gasteiger charge is 2.26. The number of nitrogens with zero attached hydrogens (tertiary/aromatic N) is 1. The van der Waals surface area contributed by atoms with E-state index in [0.717, 1.165) is 18.8 Å². The van der Waals surface area contributed by atoms with E-state index in [-0.39, 0.29) is 12.4 Å². The minimum absolute atomic E-state index is 0. The fraction of sp³-hybridized carbons (Fsp3) is 0.462. The summed E-state index contributed by atoms with van der Waals surface area (Å²) in [6.07, 6.45) is 2.07. The van der Waals surface area contributed by atoms with E-state index in [1.807, 2.05) is 6.07 Å². The summed E-state index contributed by atoms with van der Waals surface area (Å²) in [6, 6.07) is 6.14. The summed E-state index contributed by atoms with van der Waals surface area (Å²) < 4.78 is 0. The zero-order valence-corrected chi connectivity index (χ0v) is 13.2. The van der Waals surface area contributed by atoms with Crippen molar-refractivity contribution in [3.05, 3.63) is 28.2 Å². The Morgan fingerprint density at radius 2 is 1.84 bits per heavy atom. The van der Waals surface area contributed by atoms with Crippen LogP contribution in [-0.4, -0.2) is 18.0 Å². The van der Waals surface area contributed by atoms with Crippen LogP contribution in [-0.2, 0) is 0 Å². The molecule has 2 N–H and O–H groups in total. The molecule has 6 heteroatoms. The lowest BCUT2D eigenvalue weighted by Crippen LogP contribution is -2.36. The van der Waals surface area contributed by atoms with E-state index in [9.17, 15) is 0 Å². The molecule has 1 aliphatic heterocycles. The zero-order chi connectivity index (χ0) is 13.1. The van der Waals surface area contributed by atoms with E-state index in [2.05, 4.69) is 29.5 Å². The van der Waals surface area contributed by atoms with Crippen LogP contribution in [0.3, 0.4) is 0 Å². The maximum Gasteiger partial charge on any atom is 0.196 e. The average Bonchev–Trinajstić information content (AvgIpc) is 2.76. The zero-order valence-electron chi connectivity index (χ0n) is 10.9. The summed E-state index contributed by atoms with van der Waals surface area (Å²) in [4.78, 5) is 4.61. The number of benzene rings is 1. The Hall–Kier alpha value is -0.640. The third-order valence-corrected chi connectivity index (χ3v) is 3.78. The molecular formula is C13H18Cl3N3. The van der Waals surface area contributed by atoms with Crippen LogP contribution in [0.2, 0.25) is 10.0 Å². The summed E-state index contributed by atoms with van der Waals surface area (Å²) in [6.45, 7) is 4.30. The molecule has 0 fully saturated rings. The van der Waals surface area contributed by atoms with Gasteiger partial charge in [-0.3, -0.25) is 0 Å². The predicted molar refractivity (Wildman–Crippen MR) is 86.1 cm³/mol. The quantitative estimate of drug-likeness (QED) is 0.868. The van der Waals surface area contributed by atoms with Gasteiger partial charge in [0, 0.05) is 0 Å². The number of guanidine groups is 1. The van der Waals surface area contributed by atoms with Gasteiger partial charge in [-0.1, -0.05) is 43.1 Å². The lowest BCUT2D eigenvalue weighted by Gasteiger charge is -2.15. The maximum atomic E-state index is 6.12. The SMILES string of the molecule is CC[C@H]1N=C(Nc2c(Cl)cccc2Cl)N[C@@H]1CC.Cl. The Morgan fingerprint density at radius 3 is 2.32 bits per heavy atom. The predicted octanol–water partition coefficient (Wildman–Crippen LogP) is 4.34. The molecule has 1 aromatic carbocycles. The summed E-state index contributed by atoms with van der Waals surface area (Å²) in [5.74, 6) is 0.753. The molecule has 106 valence electrons. The van der Waals surface area contributed by atoms with Gasteiger partial charge < -0.3 is 10.6 Å². The van der Waals surface area contributed by atoms with Gasteiger partial charge in [0.2, 0.25) is 0 Å². The first-order chi connectivity index (χ1) is 8.65. The number of rotatable bonds is 3. The molecule has 2 rings (SSSR count). The molecule has 0 saturated heterocycles. The summed E-state index contributed by atoms with van der Waals surface area (Å²) in [7, 11) is 0. The number of anilines is 1. The molecule has 1 aliphatic rings. The highest BCUT2D eigenvalue weighted by Crippen LogP contribution is 2.30. The van der Waals surface area contributed by atoms with Crippen molar-refractivity contribution in [2.24, 2.45) is 4.99 Å². The van der Waals surface area contributed by atoms with Gasteiger partial charge in [0.15, 0.2) is 5.96 Å². The molecule has 0 spiro atoms. The molecular weight excluding hydrogens is 305 g/mol. The summed E-state index contributed by atoms with van der Waals surface area (Å²) in [5, 5.41) is 7.74. The standard InChI is InChI=1S/C13H17Cl2N3.ClH/c1-3-10-11(4-2)17-13(16-10)18-12-8(14)6-5-7-9(12)15;/h5-7,10-11H,3-4H2,1-2H3,(H2,16,17,18);1H/t10-,11-;/m1./s1. The Balaban J connectivity index is 0.00000180. The third-order valence-electron chi connectivity index (χ3n) is 3.15. The van der Waals surface area contributed by atoms with Gasteiger partial charge in [-0.25, -0.2) is 4.99 Å². The number of para-hydroxylation sites is 1. The minimum Gasteiger partial charge on any atom is -0.351 e. The molecule has 1 heterocycles. The van der Waals surface area contributed by atoms with Gasteiger partial charge in [-0.15, -0.1) is 12.4 Å². The first-order valence-electron chi connectivity index (χ1n) is 6.21. The largest absolute Gasteiger partial charge is 0.351 e. The van der Waals surface area contributed by atoms with E-state index in [1.54, 1.807) is 12.1 Å². The molecule has 0 aromatic heterocycles. The van der Waals surface area contributed by atoms with E-state index in [4.69, 9.17) is 23.2 Å². The Labute approximate surface area is 130 Å². The monoisotopic (exact) mass is 321 g/mol. The topological polar surface area (TPSA) is 36.4 Å². The molecule has 2 atom stereocenters. The molecule has 3 nitrogen and oxygen atoms in total. The maximum absolute atomic E-state index is 6.12. The fourth-order valence-corrected chi connectivity index (χ4v) is 2.61. The van der Waals surface area contributed by atoms with Gasteiger partial charge in [0.05, 0.1) is 27.8 Å². The Morgan fingerprint density at radius 1 is 1.21 bits per heavy atom. The molecule has 19 heavy (non-hydrogen) atoms. The van der Waals surface area contributed by atoms with Gasteiger partial charge >= 0.3 is 0 Å². The first-order valence-corrected chi connectivity index (χ1v) is 6.96. The second-order valence-electron chi connectivity index (χ2n) is 4.33. The molecule has 0 amide bonds. The average molecular weight is 323 g/mol. The second kappa shape index (κ2) is 7.22. The number of hydrogen-bond donors (Lipinski definition) is 2. The lowest BCUT2D eigenvalue weighted by molar-refractivity contribution is 0.499. The molecule has 1 aromatic rings. The van der Waals surface area contributed by atoms with E-state index < -0.39 is 0 Å². The molecule has 0 unspecified atom stereocenters. The Bertz CT molecular complexity index is 442. The van der Waals surface area contributed by atoms with Crippen molar-refractivity contribution >= 4 is 47.3 Å². The second-order valence-corrected chi connectivity index (χ2v) is 5.15. The van der Waals surface area contributed by atoms with Gasteiger partial charge in [0.1, 0.15) is 0 Å². The summed E-state index contributed by atoms with van der Waals surface area (Å²) in [5.41, 5.74) is 0.707. The molecule has 0 bridgehead atoms. The molecule has 0 aliphatic carbocycles. The van der Waals surface area contributed by atoms with Crippen LogP contribution in [0, 0.1) is 0 Å². The third kappa shape index (κ3) is 3.68. The number of hydrogen-bond acceptors (Lipinski definition) is 3. The van der Waals surface area contributed by atoms with Crippen LogP contribution in [0.15, 0.2) is 23.2 Å². The fourth-order valence-electron chi connectivity index (χ4n) is 2.12. The number of aliphatic imine (C=N–C) groups is 1. The first kappa shape index (κ1) is 16.4. The van der Waals surface area contributed by atoms with Crippen LogP contribution < -0.4 is 10.6 Å². The Kier molecular flexibility index (Phi) is 6.24. The summed E-state index contributed by atoms with van der Waals surface area (Å²) >= 11 is 12.2. The smallest absolute Gasteiger partial charge is 0.196 e. The van der Waals surface area contributed by atoms with Gasteiger partial charge in [-0.05, 0) is 25.0 Å². The van der Waals surface area contributed by atoms with Crippen LogP contribution in [0.1, 0.15) is 26.7 Å². The van der Waals surface area contributed by atoms with Crippen LogP contribution in [0.25, 0.3) is 0 Å². The van der Waals surface area contributed by atoms with E-state index in [1.165, 1.54) is 0 Å². The lowest BCUT2D eigenvalue weighted by atomic mass is 10.1. The van der Waals surface area contributed by atoms with Crippen LogP contribution in [0.4, 0.5) is 5.69 Å². The van der Waals surface area contributed by atoms with Crippen molar-refractivity contribution < 1.29 is 0 Å². The van der Waals surface area contributed by atoms with Crippen molar-refractivity contribution in [2.45, 2.75) is 38.8 Å². The highest BCUT2D eigenvalue weighted by molar-refractivity contribution is 6.39. The van der Waals surface area contributed by atoms with Crippen molar-refractivity contribution in [1.29, 1.82) is 0 Å². The van der Waals surface area contributed by atoms with Crippen molar-refractivity contribution in [3.63, 3.8) is 0 Å². The van der Waals surface area contributed by atoms with E-state index >= 15 is 0 Å². The minimum atomic E-state index is 0.